The monoisotopic (exact) mass is 289 g/mol. The van der Waals surface area contributed by atoms with E-state index in [9.17, 15) is 9.18 Å². The van der Waals surface area contributed by atoms with Crippen LogP contribution in [-0.2, 0) is 0 Å². The first-order chi connectivity index (χ1) is 10.0. The lowest BCUT2D eigenvalue weighted by molar-refractivity contribution is 0.0787. The van der Waals surface area contributed by atoms with E-state index in [0.29, 0.717) is 5.69 Å². The second-order valence-electron chi connectivity index (χ2n) is 5.14. The van der Waals surface area contributed by atoms with Gasteiger partial charge in [0.05, 0.1) is 5.69 Å². The molecule has 0 N–H and O–H groups in total. The van der Waals surface area contributed by atoms with Gasteiger partial charge in [-0.25, -0.2) is 9.07 Å². The normalized spacial score (nSPS) is 10.7. The van der Waals surface area contributed by atoms with E-state index in [4.69, 9.17) is 0 Å². The van der Waals surface area contributed by atoms with Crippen molar-refractivity contribution >= 4 is 5.91 Å². The number of amides is 1. The van der Waals surface area contributed by atoms with E-state index in [2.05, 4.69) is 12.0 Å². The van der Waals surface area contributed by atoms with Crippen molar-refractivity contribution in [3.63, 3.8) is 0 Å². The molecular formula is C16H20FN3O. The summed E-state index contributed by atoms with van der Waals surface area (Å²) >= 11 is 0. The zero-order chi connectivity index (χ0) is 15.4. The van der Waals surface area contributed by atoms with Crippen LogP contribution in [0.5, 0.6) is 0 Å². The minimum atomic E-state index is -0.292. The third-order valence-electron chi connectivity index (χ3n) is 3.37. The van der Waals surface area contributed by atoms with Crippen LogP contribution in [0.4, 0.5) is 4.39 Å². The van der Waals surface area contributed by atoms with E-state index in [-0.39, 0.29) is 11.7 Å². The first-order valence-electron chi connectivity index (χ1n) is 7.11. The molecule has 0 bridgehead atoms. The molecule has 0 fully saturated rings. The van der Waals surface area contributed by atoms with Crippen molar-refractivity contribution in [1.82, 2.24) is 14.7 Å². The van der Waals surface area contributed by atoms with Crippen LogP contribution in [0.15, 0.2) is 30.3 Å². The lowest BCUT2D eigenvalue weighted by Crippen LogP contribution is -2.28. The summed E-state index contributed by atoms with van der Waals surface area (Å²) in [6.07, 6.45) is 2.01. The Hall–Kier alpha value is -2.17. The zero-order valence-electron chi connectivity index (χ0n) is 12.6. The molecule has 0 saturated carbocycles. The molecule has 112 valence electrons. The van der Waals surface area contributed by atoms with E-state index in [1.54, 1.807) is 34.8 Å². The third-order valence-corrected chi connectivity index (χ3v) is 3.37. The van der Waals surface area contributed by atoms with E-state index < -0.39 is 0 Å². The smallest absolute Gasteiger partial charge is 0.274 e. The van der Waals surface area contributed by atoms with Crippen molar-refractivity contribution in [3.05, 3.63) is 47.5 Å². The van der Waals surface area contributed by atoms with Gasteiger partial charge in [-0.3, -0.25) is 4.79 Å². The molecule has 0 saturated heterocycles. The molecule has 1 aromatic heterocycles. The lowest BCUT2D eigenvalue weighted by atomic mass is 10.3. The van der Waals surface area contributed by atoms with Crippen molar-refractivity contribution in [1.29, 1.82) is 0 Å². The van der Waals surface area contributed by atoms with Crippen LogP contribution < -0.4 is 0 Å². The highest BCUT2D eigenvalue weighted by atomic mass is 19.1. The minimum absolute atomic E-state index is 0.0904. The number of halogens is 1. The number of rotatable bonds is 5. The van der Waals surface area contributed by atoms with Gasteiger partial charge in [-0.2, -0.15) is 5.10 Å². The molecule has 1 amide bonds. The summed E-state index contributed by atoms with van der Waals surface area (Å²) in [5.74, 6) is -0.383. The highest BCUT2D eigenvalue weighted by Gasteiger charge is 2.16. The van der Waals surface area contributed by atoms with Crippen LogP contribution in [0.3, 0.4) is 0 Å². The molecule has 0 aliphatic rings. The van der Waals surface area contributed by atoms with Gasteiger partial charge < -0.3 is 4.90 Å². The summed E-state index contributed by atoms with van der Waals surface area (Å²) in [5.41, 5.74) is 1.99. The first kappa shape index (κ1) is 15.2. The number of hydrogen-bond donors (Lipinski definition) is 0. The Bertz CT molecular complexity index is 619. The second kappa shape index (κ2) is 6.52. The Morgan fingerprint density at radius 1 is 1.33 bits per heavy atom. The van der Waals surface area contributed by atoms with Crippen molar-refractivity contribution in [2.75, 3.05) is 13.6 Å². The number of aryl methyl sites for hydroxylation is 1. The fourth-order valence-corrected chi connectivity index (χ4v) is 2.12. The minimum Gasteiger partial charge on any atom is -0.340 e. The van der Waals surface area contributed by atoms with E-state index in [0.717, 1.165) is 30.8 Å². The largest absolute Gasteiger partial charge is 0.340 e. The van der Waals surface area contributed by atoms with Gasteiger partial charge in [0.25, 0.3) is 5.91 Å². The Labute approximate surface area is 124 Å². The molecule has 21 heavy (non-hydrogen) atoms. The molecule has 0 aliphatic carbocycles. The topological polar surface area (TPSA) is 38.1 Å². The van der Waals surface area contributed by atoms with Crippen LogP contribution in [0.2, 0.25) is 0 Å². The molecular weight excluding hydrogens is 269 g/mol. The summed E-state index contributed by atoms with van der Waals surface area (Å²) in [5, 5.41) is 4.34. The summed E-state index contributed by atoms with van der Waals surface area (Å²) in [6, 6.07) is 7.81. The van der Waals surface area contributed by atoms with Gasteiger partial charge in [-0.1, -0.05) is 13.3 Å². The summed E-state index contributed by atoms with van der Waals surface area (Å²) in [7, 11) is 1.78. The van der Waals surface area contributed by atoms with Crippen LogP contribution in [-0.4, -0.2) is 34.2 Å². The molecule has 2 rings (SSSR count). The Balaban J connectivity index is 2.22. The molecule has 0 radical (unpaired) electrons. The molecule has 0 aliphatic heterocycles. The van der Waals surface area contributed by atoms with Gasteiger partial charge >= 0.3 is 0 Å². The van der Waals surface area contributed by atoms with Gasteiger partial charge in [0.2, 0.25) is 0 Å². The third kappa shape index (κ3) is 3.48. The van der Waals surface area contributed by atoms with Crippen LogP contribution in [0, 0.1) is 12.7 Å². The van der Waals surface area contributed by atoms with Crippen LogP contribution in [0.1, 0.15) is 35.9 Å². The number of nitrogens with zero attached hydrogens (tertiary/aromatic N) is 3. The molecule has 4 nitrogen and oxygen atoms in total. The molecule has 5 heteroatoms. The molecule has 0 unspecified atom stereocenters. The number of hydrogen-bond acceptors (Lipinski definition) is 2. The van der Waals surface area contributed by atoms with Crippen LogP contribution >= 0.6 is 0 Å². The van der Waals surface area contributed by atoms with E-state index in [1.807, 2.05) is 6.92 Å². The van der Waals surface area contributed by atoms with Crippen molar-refractivity contribution in [2.45, 2.75) is 26.7 Å². The average molecular weight is 289 g/mol. The zero-order valence-corrected chi connectivity index (χ0v) is 12.6. The number of benzene rings is 1. The predicted octanol–water partition coefficient (Wildman–Crippen LogP) is 3.19. The SMILES string of the molecule is CCCCN(C)C(=O)c1cc(C)n(-c2ccc(F)cc2)n1. The van der Waals surface area contributed by atoms with Crippen LogP contribution in [0.25, 0.3) is 5.69 Å². The maximum Gasteiger partial charge on any atom is 0.274 e. The lowest BCUT2D eigenvalue weighted by Gasteiger charge is -2.14. The number of aromatic nitrogens is 2. The van der Waals surface area contributed by atoms with Gasteiger partial charge in [-0.05, 0) is 43.7 Å². The van der Waals surface area contributed by atoms with Gasteiger partial charge in [0.15, 0.2) is 5.69 Å². The van der Waals surface area contributed by atoms with Gasteiger partial charge in [-0.15, -0.1) is 0 Å². The number of carbonyl (C=O) groups is 1. The quantitative estimate of drug-likeness (QED) is 0.848. The van der Waals surface area contributed by atoms with Gasteiger partial charge in [0.1, 0.15) is 5.82 Å². The summed E-state index contributed by atoms with van der Waals surface area (Å²) in [4.78, 5) is 14.0. The highest BCUT2D eigenvalue weighted by Crippen LogP contribution is 2.14. The number of carbonyl (C=O) groups excluding carboxylic acids is 1. The Morgan fingerprint density at radius 3 is 2.62 bits per heavy atom. The summed E-state index contributed by atoms with van der Waals surface area (Å²) < 4.78 is 14.6. The Kier molecular flexibility index (Phi) is 4.73. The molecule has 0 spiro atoms. The number of unbranched alkanes of at least 4 members (excludes halogenated alkanes) is 1. The maximum atomic E-state index is 13.0. The Morgan fingerprint density at radius 2 is 2.00 bits per heavy atom. The maximum absolute atomic E-state index is 13.0. The highest BCUT2D eigenvalue weighted by molar-refractivity contribution is 5.92. The van der Waals surface area contributed by atoms with Gasteiger partial charge in [0, 0.05) is 19.3 Å². The van der Waals surface area contributed by atoms with E-state index >= 15 is 0 Å². The summed E-state index contributed by atoms with van der Waals surface area (Å²) in [6.45, 7) is 4.68. The first-order valence-corrected chi connectivity index (χ1v) is 7.11. The second-order valence-corrected chi connectivity index (χ2v) is 5.14. The standard InChI is InChI=1S/C16H20FN3O/c1-4-5-10-19(3)16(21)15-11-12(2)20(18-15)14-8-6-13(17)7-9-14/h6-9,11H,4-5,10H2,1-3H3. The van der Waals surface area contributed by atoms with Crippen molar-refractivity contribution in [3.8, 4) is 5.69 Å². The van der Waals surface area contributed by atoms with E-state index in [1.165, 1.54) is 12.1 Å². The van der Waals surface area contributed by atoms with Crippen molar-refractivity contribution < 1.29 is 9.18 Å². The fourth-order valence-electron chi connectivity index (χ4n) is 2.12. The fraction of sp³-hybridized carbons (Fsp3) is 0.375. The molecule has 1 heterocycles. The molecule has 0 atom stereocenters. The van der Waals surface area contributed by atoms with Crippen molar-refractivity contribution in [2.24, 2.45) is 0 Å². The molecule has 2 aromatic rings. The average Bonchev–Trinajstić information content (AvgIpc) is 2.86. The predicted molar refractivity (Wildman–Crippen MR) is 80.1 cm³/mol. The molecule has 1 aromatic carbocycles.